The zero-order chi connectivity index (χ0) is 13.1. The number of nitrogens with one attached hydrogen (secondary N) is 1. The molecule has 0 aliphatic heterocycles. The van der Waals surface area contributed by atoms with Crippen LogP contribution in [0.1, 0.15) is 25.7 Å². The first-order valence-electron chi connectivity index (χ1n) is 6.23. The molecular weight excluding hydrogens is 238 g/mol. The predicted molar refractivity (Wildman–Crippen MR) is 67.2 cm³/mol. The molecule has 0 radical (unpaired) electrons. The molecule has 3 nitrogen and oxygen atoms in total. The molecule has 1 aromatic carbocycles. The van der Waals surface area contributed by atoms with E-state index in [0.717, 1.165) is 37.8 Å². The molecule has 5 heteroatoms. The zero-order valence-corrected chi connectivity index (χ0v) is 10.1. The second-order valence-corrected chi connectivity index (χ2v) is 4.84. The maximum Gasteiger partial charge on any atom is 0.151 e. The summed E-state index contributed by atoms with van der Waals surface area (Å²) in [5.41, 5.74) is 5.29. The molecule has 0 bridgehead atoms. The van der Waals surface area contributed by atoms with Crippen molar-refractivity contribution in [3.8, 4) is 0 Å². The summed E-state index contributed by atoms with van der Waals surface area (Å²) in [5, 5.41) is 12.2. The van der Waals surface area contributed by atoms with Gasteiger partial charge in [-0.25, -0.2) is 8.78 Å². The van der Waals surface area contributed by atoms with Crippen molar-refractivity contribution in [3.05, 3.63) is 23.8 Å². The molecule has 1 saturated carbocycles. The summed E-state index contributed by atoms with van der Waals surface area (Å²) in [6.45, 7) is 0.0376. The Hall–Kier alpha value is -1.36. The molecule has 0 saturated heterocycles. The lowest BCUT2D eigenvalue weighted by Gasteiger charge is -2.31. The molecule has 2 unspecified atom stereocenters. The Morgan fingerprint density at radius 3 is 2.44 bits per heavy atom. The lowest BCUT2D eigenvalue weighted by molar-refractivity contribution is 0.178. The summed E-state index contributed by atoms with van der Waals surface area (Å²) in [4.78, 5) is 0. The van der Waals surface area contributed by atoms with Crippen molar-refractivity contribution in [2.45, 2.75) is 31.7 Å². The van der Waals surface area contributed by atoms with Gasteiger partial charge in [0.1, 0.15) is 5.69 Å². The lowest BCUT2D eigenvalue weighted by atomic mass is 9.85. The standard InChI is InChI=1S/C13H18F2N2O/c14-10-5-9(16)6-11(15)13(10)17-12-4-2-1-3-8(12)7-18/h5-6,8,12,17-18H,1-4,7,16H2. The first-order chi connectivity index (χ1) is 8.61. The third kappa shape index (κ3) is 2.72. The second kappa shape index (κ2) is 5.52. The quantitative estimate of drug-likeness (QED) is 0.728. The Morgan fingerprint density at radius 1 is 1.22 bits per heavy atom. The van der Waals surface area contributed by atoms with Gasteiger partial charge in [-0.3, -0.25) is 0 Å². The molecule has 2 rings (SSSR count). The number of hydrogen-bond acceptors (Lipinski definition) is 3. The van der Waals surface area contributed by atoms with Crippen LogP contribution in [0.2, 0.25) is 0 Å². The van der Waals surface area contributed by atoms with E-state index in [-0.39, 0.29) is 29.9 Å². The number of rotatable bonds is 3. The highest BCUT2D eigenvalue weighted by Crippen LogP contribution is 2.29. The van der Waals surface area contributed by atoms with Crippen LogP contribution < -0.4 is 11.1 Å². The molecule has 4 N–H and O–H groups in total. The Kier molecular flexibility index (Phi) is 4.01. The van der Waals surface area contributed by atoms with Crippen molar-refractivity contribution in [1.82, 2.24) is 0 Å². The minimum absolute atomic E-state index is 0.0376. The number of nitrogens with two attached hydrogens (primary N) is 1. The van der Waals surface area contributed by atoms with Gasteiger partial charge < -0.3 is 16.2 Å². The SMILES string of the molecule is Nc1cc(F)c(NC2CCCCC2CO)c(F)c1. The largest absolute Gasteiger partial charge is 0.399 e. The molecule has 0 amide bonds. The van der Waals surface area contributed by atoms with Crippen molar-refractivity contribution in [3.63, 3.8) is 0 Å². The first kappa shape index (κ1) is 13.1. The van der Waals surface area contributed by atoms with E-state index in [1.165, 1.54) is 0 Å². The van der Waals surface area contributed by atoms with Gasteiger partial charge in [-0.2, -0.15) is 0 Å². The zero-order valence-electron chi connectivity index (χ0n) is 10.1. The topological polar surface area (TPSA) is 58.3 Å². The van der Waals surface area contributed by atoms with Crippen LogP contribution in [-0.2, 0) is 0 Å². The van der Waals surface area contributed by atoms with Crippen LogP contribution >= 0.6 is 0 Å². The molecule has 2 atom stereocenters. The van der Waals surface area contributed by atoms with E-state index in [2.05, 4.69) is 5.32 Å². The normalized spacial score (nSPS) is 23.9. The van der Waals surface area contributed by atoms with Crippen LogP contribution in [0.25, 0.3) is 0 Å². The van der Waals surface area contributed by atoms with Crippen LogP contribution in [0.5, 0.6) is 0 Å². The molecule has 1 fully saturated rings. The maximum atomic E-state index is 13.7. The smallest absolute Gasteiger partial charge is 0.151 e. The Bertz CT molecular complexity index is 402. The molecule has 1 aliphatic carbocycles. The summed E-state index contributed by atoms with van der Waals surface area (Å²) in [5.74, 6) is -1.32. The molecular formula is C13H18F2N2O. The van der Waals surface area contributed by atoms with Gasteiger partial charge in [0.25, 0.3) is 0 Å². The minimum atomic E-state index is -0.685. The van der Waals surface area contributed by atoms with E-state index >= 15 is 0 Å². The van der Waals surface area contributed by atoms with E-state index < -0.39 is 11.6 Å². The van der Waals surface area contributed by atoms with Gasteiger partial charge in [-0.1, -0.05) is 12.8 Å². The summed E-state index contributed by atoms with van der Waals surface area (Å²) in [6.07, 6.45) is 3.75. The highest BCUT2D eigenvalue weighted by molar-refractivity contribution is 5.54. The summed E-state index contributed by atoms with van der Waals surface area (Å²) in [6, 6.07) is 2.11. The average Bonchev–Trinajstić information content (AvgIpc) is 2.34. The summed E-state index contributed by atoms with van der Waals surface area (Å²) >= 11 is 0. The van der Waals surface area contributed by atoms with E-state index in [1.807, 2.05) is 0 Å². The van der Waals surface area contributed by atoms with Gasteiger partial charge in [0.05, 0.1) is 0 Å². The number of nitrogen functional groups attached to an aromatic ring is 1. The fourth-order valence-corrected chi connectivity index (χ4v) is 2.53. The molecule has 100 valence electrons. The molecule has 1 aliphatic rings. The van der Waals surface area contributed by atoms with Crippen molar-refractivity contribution < 1.29 is 13.9 Å². The fraction of sp³-hybridized carbons (Fsp3) is 0.538. The number of benzene rings is 1. The number of aliphatic hydroxyl groups is 1. The van der Waals surface area contributed by atoms with Gasteiger partial charge in [-0.15, -0.1) is 0 Å². The molecule has 0 spiro atoms. The van der Waals surface area contributed by atoms with Crippen molar-refractivity contribution in [2.24, 2.45) is 5.92 Å². The predicted octanol–water partition coefficient (Wildman–Crippen LogP) is 2.51. The molecule has 18 heavy (non-hydrogen) atoms. The van der Waals surface area contributed by atoms with E-state index in [9.17, 15) is 13.9 Å². The maximum absolute atomic E-state index is 13.7. The van der Waals surface area contributed by atoms with Gasteiger partial charge in [0, 0.05) is 24.3 Å². The number of anilines is 2. The number of hydrogen-bond donors (Lipinski definition) is 3. The van der Waals surface area contributed by atoms with Gasteiger partial charge in [0.2, 0.25) is 0 Å². The average molecular weight is 256 g/mol. The summed E-state index contributed by atoms with van der Waals surface area (Å²) in [7, 11) is 0. The van der Waals surface area contributed by atoms with Crippen LogP contribution in [0, 0.1) is 17.6 Å². The van der Waals surface area contributed by atoms with Crippen molar-refractivity contribution in [1.29, 1.82) is 0 Å². The van der Waals surface area contributed by atoms with E-state index in [1.54, 1.807) is 0 Å². The fourth-order valence-electron chi connectivity index (χ4n) is 2.53. The molecule has 1 aromatic rings. The van der Waals surface area contributed by atoms with Crippen LogP contribution in [0.4, 0.5) is 20.2 Å². The minimum Gasteiger partial charge on any atom is -0.399 e. The van der Waals surface area contributed by atoms with Crippen molar-refractivity contribution in [2.75, 3.05) is 17.7 Å². The van der Waals surface area contributed by atoms with Crippen molar-refractivity contribution >= 4 is 11.4 Å². The number of aliphatic hydroxyl groups excluding tert-OH is 1. The Morgan fingerprint density at radius 2 is 1.83 bits per heavy atom. The van der Waals surface area contributed by atoms with Gasteiger partial charge >= 0.3 is 0 Å². The Balaban J connectivity index is 2.17. The van der Waals surface area contributed by atoms with Crippen LogP contribution in [-0.4, -0.2) is 17.8 Å². The number of halogens is 2. The third-order valence-corrected chi connectivity index (χ3v) is 3.54. The Labute approximate surface area is 105 Å². The highest BCUT2D eigenvalue weighted by Gasteiger charge is 2.26. The monoisotopic (exact) mass is 256 g/mol. The van der Waals surface area contributed by atoms with E-state index in [0.29, 0.717) is 0 Å². The second-order valence-electron chi connectivity index (χ2n) is 4.84. The third-order valence-electron chi connectivity index (χ3n) is 3.54. The van der Waals surface area contributed by atoms with Crippen LogP contribution in [0.3, 0.4) is 0 Å². The van der Waals surface area contributed by atoms with E-state index in [4.69, 9.17) is 5.73 Å². The molecule has 0 aromatic heterocycles. The highest BCUT2D eigenvalue weighted by atomic mass is 19.1. The lowest BCUT2D eigenvalue weighted by Crippen LogP contribution is -2.35. The van der Waals surface area contributed by atoms with Gasteiger partial charge in [-0.05, 0) is 25.0 Å². The summed E-state index contributed by atoms with van der Waals surface area (Å²) < 4.78 is 27.3. The van der Waals surface area contributed by atoms with Gasteiger partial charge in [0.15, 0.2) is 11.6 Å². The van der Waals surface area contributed by atoms with Crippen LogP contribution in [0.15, 0.2) is 12.1 Å². The first-order valence-corrected chi connectivity index (χ1v) is 6.23. The molecule has 0 heterocycles.